The summed E-state index contributed by atoms with van der Waals surface area (Å²) in [4.78, 5) is 0. The lowest BCUT2D eigenvalue weighted by Crippen LogP contribution is -2.42. The second kappa shape index (κ2) is 7.41. The molecule has 0 aromatic rings. The Morgan fingerprint density at radius 2 is 2.31 bits per heavy atom. The van der Waals surface area contributed by atoms with Gasteiger partial charge in [0.25, 0.3) is 0 Å². The van der Waals surface area contributed by atoms with Crippen LogP contribution in [-0.2, 0) is 15.5 Å². The van der Waals surface area contributed by atoms with Gasteiger partial charge >= 0.3 is 0 Å². The minimum absolute atomic E-state index is 0.453. The highest BCUT2D eigenvalue weighted by atomic mass is 32.2. The van der Waals surface area contributed by atoms with Crippen molar-refractivity contribution in [3.63, 3.8) is 0 Å². The maximum absolute atomic E-state index is 11.0. The first kappa shape index (κ1) is 14.1. The highest BCUT2D eigenvalue weighted by Crippen LogP contribution is 2.19. The Morgan fingerprint density at radius 3 is 2.81 bits per heavy atom. The number of hydrogen-bond donors (Lipinski definition) is 1. The molecule has 1 rings (SSSR count). The second-order valence-corrected chi connectivity index (χ2v) is 6.33. The zero-order valence-corrected chi connectivity index (χ0v) is 11.5. The molecule has 1 aliphatic heterocycles. The topological polar surface area (TPSA) is 38.3 Å². The van der Waals surface area contributed by atoms with Crippen molar-refractivity contribution < 1.29 is 8.95 Å². The number of hydrogen-bond acceptors (Lipinski definition) is 3. The Bertz CT molecular complexity index is 217. The van der Waals surface area contributed by atoms with E-state index in [-0.39, 0.29) is 0 Å². The molecule has 0 aliphatic carbocycles. The van der Waals surface area contributed by atoms with Crippen LogP contribution in [0.25, 0.3) is 0 Å². The maximum atomic E-state index is 11.0. The van der Waals surface area contributed by atoms with Crippen LogP contribution in [-0.4, -0.2) is 41.5 Å². The Balaban J connectivity index is 2.28. The minimum atomic E-state index is -0.670. The molecule has 0 aromatic heterocycles. The molecular weight excluding hydrogens is 222 g/mol. The molecule has 4 unspecified atom stereocenters. The first-order chi connectivity index (χ1) is 7.63. The molecule has 1 aliphatic rings. The highest BCUT2D eigenvalue weighted by molar-refractivity contribution is 7.84. The largest absolute Gasteiger partial charge is 0.381 e. The lowest BCUT2D eigenvalue weighted by molar-refractivity contribution is 0.173. The zero-order valence-electron chi connectivity index (χ0n) is 10.7. The SMILES string of the molecule is CCC(NC(C)CCS(C)=O)C1CCOC1. The van der Waals surface area contributed by atoms with Crippen molar-refractivity contribution in [2.24, 2.45) is 5.92 Å². The molecule has 0 saturated carbocycles. The quantitative estimate of drug-likeness (QED) is 0.742. The molecule has 16 heavy (non-hydrogen) atoms. The van der Waals surface area contributed by atoms with Gasteiger partial charge in [-0.25, -0.2) is 0 Å². The van der Waals surface area contributed by atoms with Crippen molar-refractivity contribution in [3.8, 4) is 0 Å². The number of rotatable bonds is 7. The Hall–Kier alpha value is 0.0700. The van der Waals surface area contributed by atoms with Crippen LogP contribution in [0, 0.1) is 5.92 Å². The van der Waals surface area contributed by atoms with Gasteiger partial charge in [0.2, 0.25) is 0 Å². The summed E-state index contributed by atoms with van der Waals surface area (Å²) >= 11 is 0. The molecule has 0 bridgehead atoms. The van der Waals surface area contributed by atoms with Gasteiger partial charge < -0.3 is 10.1 Å². The van der Waals surface area contributed by atoms with Gasteiger partial charge in [0.05, 0.1) is 6.61 Å². The van der Waals surface area contributed by atoms with Crippen molar-refractivity contribution in [2.45, 2.75) is 45.2 Å². The Labute approximate surface area is 102 Å². The summed E-state index contributed by atoms with van der Waals surface area (Å²) in [6, 6.07) is 1.01. The van der Waals surface area contributed by atoms with Gasteiger partial charge in [0.1, 0.15) is 0 Å². The zero-order chi connectivity index (χ0) is 12.0. The molecule has 4 heteroatoms. The van der Waals surface area contributed by atoms with Crippen molar-refractivity contribution in [1.29, 1.82) is 0 Å². The number of ether oxygens (including phenoxy) is 1. The van der Waals surface area contributed by atoms with Gasteiger partial charge in [-0.1, -0.05) is 6.92 Å². The number of nitrogens with one attached hydrogen (secondary N) is 1. The van der Waals surface area contributed by atoms with Gasteiger partial charge in [-0.05, 0) is 32.1 Å². The third-order valence-electron chi connectivity index (χ3n) is 3.31. The highest BCUT2D eigenvalue weighted by Gasteiger charge is 2.25. The van der Waals surface area contributed by atoms with E-state index in [0.717, 1.165) is 31.8 Å². The maximum Gasteiger partial charge on any atom is 0.0510 e. The molecule has 4 atom stereocenters. The van der Waals surface area contributed by atoms with Gasteiger partial charge in [-0.15, -0.1) is 0 Å². The molecule has 1 fully saturated rings. The summed E-state index contributed by atoms with van der Waals surface area (Å²) in [5.41, 5.74) is 0. The van der Waals surface area contributed by atoms with Gasteiger partial charge in [-0.2, -0.15) is 0 Å². The van der Waals surface area contributed by atoms with E-state index in [0.29, 0.717) is 18.0 Å². The molecule has 1 heterocycles. The summed E-state index contributed by atoms with van der Waals surface area (Å²) in [7, 11) is -0.670. The molecule has 1 saturated heterocycles. The van der Waals surface area contributed by atoms with Crippen LogP contribution in [0.15, 0.2) is 0 Å². The fourth-order valence-electron chi connectivity index (χ4n) is 2.25. The van der Waals surface area contributed by atoms with E-state index in [2.05, 4.69) is 19.2 Å². The molecule has 3 nitrogen and oxygen atoms in total. The fourth-order valence-corrected chi connectivity index (χ4v) is 2.93. The molecule has 1 N–H and O–H groups in total. The first-order valence-corrected chi connectivity index (χ1v) is 8.00. The third kappa shape index (κ3) is 4.93. The average Bonchev–Trinajstić information content (AvgIpc) is 2.76. The lowest BCUT2D eigenvalue weighted by Gasteiger charge is -2.26. The summed E-state index contributed by atoms with van der Waals surface area (Å²) in [6.45, 7) is 6.22. The van der Waals surface area contributed by atoms with Crippen LogP contribution in [0.2, 0.25) is 0 Å². The van der Waals surface area contributed by atoms with E-state index >= 15 is 0 Å². The standard InChI is InChI=1S/C12H25NO2S/c1-4-12(11-5-7-15-9-11)13-10(2)6-8-16(3)14/h10-13H,4-9H2,1-3H3. The van der Waals surface area contributed by atoms with Crippen LogP contribution in [0.1, 0.15) is 33.1 Å². The first-order valence-electron chi connectivity index (χ1n) is 6.27. The van der Waals surface area contributed by atoms with Crippen LogP contribution in [0.5, 0.6) is 0 Å². The fraction of sp³-hybridized carbons (Fsp3) is 1.00. The summed E-state index contributed by atoms with van der Waals surface area (Å²) in [5.74, 6) is 1.46. The van der Waals surface area contributed by atoms with Gasteiger partial charge in [0, 0.05) is 41.5 Å². The molecule has 96 valence electrons. The van der Waals surface area contributed by atoms with Crippen molar-refractivity contribution in [2.75, 3.05) is 25.2 Å². The van der Waals surface area contributed by atoms with E-state index < -0.39 is 10.8 Å². The Morgan fingerprint density at radius 1 is 1.56 bits per heavy atom. The van der Waals surface area contributed by atoms with E-state index in [1.54, 1.807) is 6.26 Å². The molecular formula is C12H25NO2S. The predicted molar refractivity (Wildman–Crippen MR) is 69.2 cm³/mol. The van der Waals surface area contributed by atoms with E-state index in [1.807, 2.05) is 0 Å². The average molecular weight is 247 g/mol. The summed E-state index contributed by atoms with van der Waals surface area (Å²) in [5, 5.41) is 3.65. The third-order valence-corrected chi connectivity index (χ3v) is 4.12. The van der Waals surface area contributed by atoms with Crippen LogP contribution in [0.3, 0.4) is 0 Å². The van der Waals surface area contributed by atoms with E-state index in [4.69, 9.17) is 4.74 Å². The Kier molecular flexibility index (Phi) is 6.54. The van der Waals surface area contributed by atoms with E-state index in [1.165, 1.54) is 6.42 Å². The second-order valence-electron chi connectivity index (χ2n) is 4.77. The van der Waals surface area contributed by atoms with Crippen LogP contribution >= 0.6 is 0 Å². The molecule has 0 spiro atoms. The van der Waals surface area contributed by atoms with Gasteiger partial charge in [0.15, 0.2) is 0 Å². The summed E-state index contributed by atoms with van der Waals surface area (Å²) < 4.78 is 16.5. The molecule has 0 aromatic carbocycles. The normalized spacial score (nSPS) is 26.6. The molecule has 0 amide bonds. The van der Waals surface area contributed by atoms with E-state index in [9.17, 15) is 4.21 Å². The van der Waals surface area contributed by atoms with Crippen LogP contribution < -0.4 is 5.32 Å². The van der Waals surface area contributed by atoms with Crippen molar-refractivity contribution in [3.05, 3.63) is 0 Å². The minimum Gasteiger partial charge on any atom is -0.381 e. The predicted octanol–water partition coefficient (Wildman–Crippen LogP) is 1.55. The van der Waals surface area contributed by atoms with Crippen LogP contribution in [0.4, 0.5) is 0 Å². The van der Waals surface area contributed by atoms with Gasteiger partial charge in [-0.3, -0.25) is 4.21 Å². The smallest absolute Gasteiger partial charge is 0.0510 e. The lowest BCUT2D eigenvalue weighted by atomic mass is 9.96. The molecule has 0 radical (unpaired) electrons. The monoisotopic (exact) mass is 247 g/mol. The summed E-state index contributed by atoms with van der Waals surface area (Å²) in [6.07, 6.45) is 5.09. The van der Waals surface area contributed by atoms with Crippen molar-refractivity contribution in [1.82, 2.24) is 5.32 Å². The van der Waals surface area contributed by atoms with Crippen molar-refractivity contribution >= 4 is 10.8 Å².